The van der Waals surface area contributed by atoms with Crippen molar-refractivity contribution in [2.24, 2.45) is 0 Å². The Bertz CT molecular complexity index is 783. The molecule has 3 aromatic rings. The van der Waals surface area contributed by atoms with Gasteiger partial charge in [0.15, 0.2) is 4.77 Å². The Hall–Kier alpha value is -1.79. The van der Waals surface area contributed by atoms with Gasteiger partial charge in [0.25, 0.3) is 0 Å². The predicted molar refractivity (Wildman–Crippen MR) is 83.1 cm³/mol. The van der Waals surface area contributed by atoms with Gasteiger partial charge in [-0.25, -0.2) is 4.98 Å². The molecule has 0 unspecified atom stereocenters. The highest BCUT2D eigenvalue weighted by Gasteiger charge is 2.12. The SMILES string of the molecule is Cc1nc(Cc2n[nH]c(=S)n2-c2ccccc2)c(C)s1. The van der Waals surface area contributed by atoms with E-state index in [1.54, 1.807) is 11.3 Å². The second kappa shape index (κ2) is 5.30. The van der Waals surface area contributed by atoms with Crippen molar-refractivity contribution >= 4 is 23.6 Å². The molecule has 3 rings (SSSR count). The minimum Gasteiger partial charge on any atom is -0.272 e. The van der Waals surface area contributed by atoms with Gasteiger partial charge in [0.1, 0.15) is 5.82 Å². The summed E-state index contributed by atoms with van der Waals surface area (Å²) in [5.74, 6) is 0.884. The maximum Gasteiger partial charge on any atom is 0.199 e. The van der Waals surface area contributed by atoms with E-state index in [2.05, 4.69) is 22.1 Å². The Morgan fingerprint density at radius 2 is 2.00 bits per heavy atom. The normalized spacial score (nSPS) is 10.9. The summed E-state index contributed by atoms with van der Waals surface area (Å²) < 4.78 is 2.57. The Kier molecular flexibility index (Phi) is 3.50. The van der Waals surface area contributed by atoms with Gasteiger partial charge in [-0.05, 0) is 38.2 Å². The molecule has 1 aromatic carbocycles. The highest BCUT2D eigenvalue weighted by atomic mass is 32.1. The second-order valence-corrected chi connectivity index (χ2v) is 6.32. The number of nitrogens with zero attached hydrogens (tertiary/aromatic N) is 3. The first kappa shape index (κ1) is 13.2. The molecule has 0 aliphatic rings. The molecular weight excluding hydrogens is 288 g/mol. The third-order valence-corrected chi connectivity index (χ3v) is 4.28. The molecule has 0 aliphatic heterocycles. The summed E-state index contributed by atoms with van der Waals surface area (Å²) in [6.45, 7) is 4.11. The van der Waals surface area contributed by atoms with Crippen LogP contribution < -0.4 is 0 Å². The van der Waals surface area contributed by atoms with Crippen molar-refractivity contribution in [2.75, 3.05) is 0 Å². The monoisotopic (exact) mass is 302 g/mol. The largest absolute Gasteiger partial charge is 0.272 e. The van der Waals surface area contributed by atoms with Crippen molar-refractivity contribution in [1.82, 2.24) is 19.7 Å². The minimum atomic E-state index is 0.607. The number of hydrogen-bond donors (Lipinski definition) is 1. The maximum atomic E-state index is 5.34. The molecule has 0 atom stereocenters. The van der Waals surface area contributed by atoms with E-state index in [0.717, 1.165) is 22.2 Å². The molecule has 102 valence electrons. The van der Waals surface area contributed by atoms with Crippen LogP contribution in [0.5, 0.6) is 0 Å². The number of aromatic amines is 1. The molecule has 0 saturated heterocycles. The summed E-state index contributed by atoms with van der Waals surface area (Å²) in [6.07, 6.45) is 0.679. The lowest BCUT2D eigenvalue weighted by Crippen LogP contribution is -2.03. The van der Waals surface area contributed by atoms with E-state index in [1.165, 1.54) is 4.88 Å². The van der Waals surface area contributed by atoms with Crippen molar-refractivity contribution in [3.63, 3.8) is 0 Å². The summed E-state index contributed by atoms with van der Waals surface area (Å²) >= 11 is 7.05. The number of nitrogens with one attached hydrogen (secondary N) is 1. The van der Waals surface area contributed by atoms with Crippen LogP contribution in [0.2, 0.25) is 0 Å². The van der Waals surface area contributed by atoms with Gasteiger partial charge in [0.2, 0.25) is 0 Å². The molecule has 6 heteroatoms. The molecule has 1 N–H and O–H groups in total. The molecule has 0 spiro atoms. The van der Waals surface area contributed by atoms with E-state index in [9.17, 15) is 0 Å². The van der Waals surface area contributed by atoms with Crippen molar-refractivity contribution in [3.05, 3.63) is 56.5 Å². The lowest BCUT2D eigenvalue weighted by molar-refractivity contribution is 0.880. The molecule has 4 nitrogen and oxygen atoms in total. The fraction of sp³-hybridized carbons (Fsp3) is 0.214. The second-order valence-electron chi connectivity index (χ2n) is 4.53. The number of thiazole rings is 1. The Balaban J connectivity index is 2.04. The van der Waals surface area contributed by atoms with Gasteiger partial charge in [0, 0.05) is 10.6 Å². The van der Waals surface area contributed by atoms with Crippen molar-refractivity contribution in [2.45, 2.75) is 20.3 Å². The van der Waals surface area contributed by atoms with Crippen LogP contribution in [0.4, 0.5) is 0 Å². The molecule has 0 aliphatic carbocycles. The van der Waals surface area contributed by atoms with Gasteiger partial charge < -0.3 is 0 Å². The Morgan fingerprint density at radius 1 is 1.25 bits per heavy atom. The standard InChI is InChI=1S/C14H14N4S2/c1-9-12(15-10(2)20-9)8-13-16-17-14(19)18(13)11-6-4-3-5-7-11/h3-7H,8H2,1-2H3,(H,17,19). The lowest BCUT2D eigenvalue weighted by atomic mass is 10.2. The van der Waals surface area contributed by atoms with Crippen molar-refractivity contribution < 1.29 is 0 Å². The fourth-order valence-electron chi connectivity index (χ4n) is 2.18. The van der Waals surface area contributed by atoms with Gasteiger partial charge in [-0.1, -0.05) is 18.2 Å². The van der Waals surface area contributed by atoms with E-state index in [4.69, 9.17) is 12.2 Å². The highest BCUT2D eigenvalue weighted by molar-refractivity contribution is 7.71. The van der Waals surface area contributed by atoms with Crippen LogP contribution in [-0.2, 0) is 6.42 Å². The van der Waals surface area contributed by atoms with Crippen molar-refractivity contribution in [3.8, 4) is 5.69 Å². The molecule has 0 bridgehead atoms. The number of aryl methyl sites for hydroxylation is 2. The van der Waals surface area contributed by atoms with Crippen LogP contribution in [0.3, 0.4) is 0 Å². The van der Waals surface area contributed by atoms with E-state index < -0.39 is 0 Å². The predicted octanol–water partition coefficient (Wildman–Crippen LogP) is 3.59. The molecule has 0 amide bonds. The number of hydrogen-bond acceptors (Lipinski definition) is 4. The third kappa shape index (κ3) is 2.44. The smallest absolute Gasteiger partial charge is 0.199 e. The van der Waals surface area contributed by atoms with E-state index in [0.29, 0.717) is 11.2 Å². The van der Waals surface area contributed by atoms with E-state index in [-0.39, 0.29) is 0 Å². The molecule has 2 heterocycles. The molecule has 2 aromatic heterocycles. The van der Waals surface area contributed by atoms with Crippen LogP contribution in [0.15, 0.2) is 30.3 Å². The zero-order valence-corrected chi connectivity index (χ0v) is 12.9. The van der Waals surface area contributed by atoms with E-state index >= 15 is 0 Å². The third-order valence-electron chi connectivity index (χ3n) is 3.08. The van der Waals surface area contributed by atoms with Crippen LogP contribution in [0.25, 0.3) is 5.69 Å². The summed E-state index contributed by atoms with van der Waals surface area (Å²) in [5.41, 5.74) is 2.09. The average molecular weight is 302 g/mol. The van der Waals surface area contributed by atoms with Crippen LogP contribution in [-0.4, -0.2) is 19.7 Å². The molecule has 20 heavy (non-hydrogen) atoms. The molecular formula is C14H14N4S2. The van der Waals surface area contributed by atoms with Gasteiger partial charge in [-0.2, -0.15) is 5.10 Å². The average Bonchev–Trinajstić information content (AvgIpc) is 2.94. The van der Waals surface area contributed by atoms with Crippen LogP contribution >= 0.6 is 23.6 Å². The summed E-state index contributed by atoms with van der Waals surface area (Å²) in [7, 11) is 0. The zero-order chi connectivity index (χ0) is 14.1. The first-order valence-electron chi connectivity index (χ1n) is 6.30. The van der Waals surface area contributed by atoms with Gasteiger partial charge in [0.05, 0.1) is 17.1 Å². The van der Waals surface area contributed by atoms with Crippen LogP contribution in [0.1, 0.15) is 21.4 Å². The van der Waals surface area contributed by atoms with Gasteiger partial charge >= 0.3 is 0 Å². The quantitative estimate of drug-likeness (QED) is 0.752. The first-order valence-corrected chi connectivity index (χ1v) is 7.52. The molecule has 0 saturated carbocycles. The van der Waals surface area contributed by atoms with E-state index in [1.807, 2.05) is 41.8 Å². The van der Waals surface area contributed by atoms with Gasteiger partial charge in [-0.3, -0.25) is 9.67 Å². The molecule has 0 radical (unpaired) electrons. The number of rotatable bonds is 3. The number of para-hydroxylation sites is 1. The zero-order valence-electron chi connectivity index (χ0n) is 11.3. The fourth-order valence-corrected chi connectivity index (χ4v) is 3.27. The maximum absolute atomic E-state index is 5.34. The number of H-pyrrole nitrogens is 1. The highest BCUT2D eigenvalue weighted by Crippen LogP contribution is 2.20. The summed E-state index contributed by atoms with van der Waals surface area (Å²) in [4.78, 5) is 5.80. The Morgan fingerprint density at radius 3 is 2.65 bits per heavy atom. The minimum absolute atomic E-state index is 0.607. The molecule has 0 fully saturated rings. The first-order chi connectivity index (χ1) is 9.65. The number of aromatic nitrogens is 4. The van der Waals surface area contributed by atoms with Crippen molar-refractivity contribution in [1.29, 1.82) is 0 Å². The summed E-state index contributed by atoms with van der Waals surface area (Å²) in [6, 6.07) is 10.0. The summed E-state index contributed by atoms with van der Waals surface area (Å²) in [5, 5.41) is 8.30. The van der Waals surface area contributed by atoms with Crippen LogP contribution in [0, 0.1) is 18.6 Å². The lowest BCUT2D eigenvalue weighted by Gasteiger charge is -2.05. The topological polar surface area (TPSA) is 46.5 Å². The van der Waals surface area contributed by atoms with Gasteiger partial charge in [-0.15, -0.1) is 11.3 Å². The Labute approximate surface area is 126 Å². The number of benzene rings is 1.